The first-order chi connectivity index (χ1) is 8.31. The molecule has 0 aromatic rings. The molecule has 17 heavy (non-hydrogen) atoms. The SMILES string of the molecule is COC(=O)C1CCCN1CCCC1CCCO1. The van der Waals surface area contributed by atoms with Crippen molar-refractivity contribution >= 4 is 5.97 Å². The van der Waals surface area contributed by atoms with Gasteiger partial charge in [0.05, 0.1) is 13.2 Å². The molecular formula is C13H23NO3. The van der Waals surface area contributed by atoms with Crippen LogP contribution in [-0.4, -0.2) is 49.8 Å². The number of rotatable bonds is 5. The Labute approximate surface area is 103 Å². The third-order valence-electron chi connectivity index (χ3n) is 3.83. The van der Waals surface area contributed by atoms with Gasteiger partial charge in [0.2, 0.25) is 0 Å². The average Bonchev–Trinajstić information content (AvgIpc) is 2.99. The van der Waals surface area contributed by atoms with E-state index in [1.54, 1.807) is 0 Å². The van der Waals surface area contributed by atoms with Crippen molar-refractivity contribution in [2.45, 2.75) is 50.7 Å². The molecule has 2 atom stereocenters. The molecule has 0 aromatic carbocycles. The number of likely N-dealkylation sites (tertiary alicyclic amines) is 1. The van der Waals surface area contributed by atoms with Gasteiger partial charge in [-0.15, -0.1) is 0 Å². The van der Waals surface area contributed by atoms with Gasteiger partial charge in [-0.1, -0.05) is 0 Å². The van der Waals surface area contributed by atoms with Crippen molar-refractivity contribution in [3.8, 4) is 0 Å². The van der Waals surface area contributed by atoms with Gasteiger partial charge in [-0.2, -0.15) is 0 Å². The summed E-state index contributed by atoms with van der Waals surface area (Å²) in [6.07, 6.45) is 7.20. The fourth-order valence-electron chi connectivity index (χ4n) is 2.89. The Bertz CT molecular complexity index is 251. The fourth-order valence-corrected chi connectivity index (χ4v) is 2.89. The minimum atomic E-state index is -0.0698. The van der Waals surface area contributed by atoms with Gasteiger partial charge in [-0.05, 0) is 51.6 Å². The molecular weight excluding hydrogens is 218 g/mol. The highest BCUT2D eigenvalue weighted by Gasteiger charge is 2.31. The zero-order valence-electron chi connectivity index (χ0n) is 10.7. The summed E-state index contributed by atoms with van der Waals surface area (Å²) >= 11 is 0. The fraction of sp³-hybridized carbons (Fsp3) is 0.923. The summed E-state index contributed by atoms with van der Waals surface area (Å²) in [4.78, 5) is 13.8. The molecule has 0 saturated carbocycles. The minimum Gasteiger partial charge on any atom is -0.468 e. The smallest absolute Gasteiger partial charge is 0.323 e. The second kappa shape index (κ2) is 6.36. The molecule has 2 heterocycles. The first-order valence-corrected chi connectivity index (χ1v) is 6.74. The van der Waals surface area contributed by atoms with Gasteiger partial charge in [0.25, 0.3) is 0 Å². The summed E-state index contributed by atoms with van der Waals surface area (Å²) in [6.45, 7) is 2.96. The van der Waals surface area contributed by atoms with Gasteiger partial charge >= 0.3 is 5.97 Å². The van der Waals surface area contributed by atoms with Crippen molar-refractivity contribution in [3.05, 3.63) is 0 Å². The standard InChI is InChI=1S/C13H23NO3/c1-16-13(15)12-7-3-9-14(12)8-2-5-11-6-4-10-17-11/h11-12H,2-10H2,1H3. The molecule has 98 valence electrons. The van der Waals surface area contributed by atoms with Crippen molar-refractivity contribution in [1.29, 1.82) is 0 Å². The van der Waals surface area contributed by atoms with Crippen molar-refractivity contribution in [2.75, 3.05) is 26.8 Å². The molecule has 0 aliphatic carbocycles. The highest BCUT2D eigenvalue weighted by atomic mass is 16.5. The molecule has 0 radical (unpaired) electrons. The van der Waals surface area contributed by atoms with Crippen LogP contribution in [0.25, 0.3) is 0 Å². The first kappa shape index (κ1) is 12.8. The van der Waals surface area contributed by atoms with E-state index in [4.69, 9.17) is 9.47 Å². The first-order valence-electron chi connectivity index (χ1n) is 6.74. The monoisotopic (exact) mass is 241 g/mol. The van der Waals surface area contributed by atoms with Gasteiger partial charge in [0.1, 0.15) is 6.04 Å². The number of methoxy groups -OCH3 is 1. The number of ether oxygens (including phenoxy) is 2. The van der Waals surface area contributed by atoms with E-state index in [2.05, 4.69) is 4.90 Å². The second-order valence-electron chi connectivity index (χ2n) is 4.99. The summed E-state index contributed by atoms with van der Waals surface area (Å²) in [7, 11) is 1.48. The zero-order valence-corrected chi connectivity index (χ0v) is 10.7. The molecule has 2 aliphatic heterocycles. The lowest BCUT2D eigenvalue weighted by Crippen LogP contribution is -2.37. The molecule has 0 aromatic heterocycles. The maximum atomic E-state index is 11.6. The number of hydrogen-bond acceptors (Lipinski definition) is 4. The Morgan fingerprint density at radius 2 is 2.29 bits per heavy atom. The number of carbonyl (C=O) groups is 1. The molecule has 0 spiro atoms. The molecule has 2 saturated heterocycles. The lowest BCUT2D eigenvalue weighted by Gasteiger charge is -2.22. The van der Waals surface area contributed by atoms with Crippen molar-refractivity contribution in [3.63, 3.8) is 0 Å². The maximum absolute atomic E-state index is 11.6. The molecule has 4 heteroatoms. The third kappa shape index (κ3) is 3.42. The van der Waals surface area contributed by atoms with Crippen LogP contribution in [0.4, 0.5) is 0 Å². The largest absolute Gasteiger partial charge is 0.468 e. The van der Waals surface area contributed by atoms with E-state index in [9.17, 15) is 4.79 Å². The number of nitrogens with zero attached hydrogens (tertiary/aromatic N) is 1. The molecule has 0 N–H and O–H groups in total. The number of carbonyl (C=O) groups excluding carboxylic acids is 1. The molecule has 2 aliphatic rings. The van der Waals surface area contributed by atoms with Gasteiger partial charge in [-0.3, -0.25) is 9.69 Å². The van der Waals surface area contributed by atoms with E-state index >= 15 is 0 Å². The molecule has 0 bridgehead atoms. The van der Waals surface area contributed by atoms with Crippen LogP contribution in [0.5, 0.6) is 0 Å². The van der Waals surface area contributed by atoms with E-state index in [0.29, 0.717) is 6.10 Å². The summed E-state index contributed by atoms with van der Waals surface area (Å²) in [5.41, 5.74) is 0. The van der Waals surface area contributed by atoms with E-state index in [1.807, 2.05) is 0 Å². The van der Waals surface area contributed by atoms with Gasteiger partial charge in [0, 0.05) is 6.61 Å². The van der Waals surface area contributed by atoms with Crippen LogP contribution in [0, 0.1) is 0 Å². The predicted molar refractivity (Wildman–Crippen MR) is 64.8 cm³/mol. The molecule has 2 fully saturated rings. The van der Waals surface area contributed by atoms with Crippen LogP contribution >= 0.6 is 0 Å². The Kier molecular flexibility index (Phi) is 4.80. The van der Waals surface area contributed by atoms with E-state index in [1.165, 1.54) is 20.0 Å². The van der Waals surface area contributed by atoms with E-state index in [0.717, 1.165) is 45.4 Å². The predicted octanol–water partition coefficient (Wildman–Crippen LogP) is 1.58. The Hall–Kier alpha value is -0.610. The molecule has 2 unspecified atom stereocenters. The van der Waals surface area contributed by atoms with Crippen LogP contribution in [-0.2, 0) is 14.3 Å². The van der Waals surface area contributed by atoms with Crippen molar-refractivity contribution < 1.29 is 14.3 Å². The lowest BCUT2D eigenvalue weighted by molar-refractivity contribution is -0.145. The van der Waals surface area contributed by atoms with Gasteiger partial charge in [-0.25, -0.2) is 0 Å². The summed E-state index contributed by atoms with van der Waals surface area (Å²) in [5, 5.41) is 0. The molecule has 4 nitrogen and oxygen atoms in total. The molecule has 2 rings (SSSR count). The van der Waals surface area contributed by atoms with Crippen LogP contribution in [0.15, 0.2) is 0 Å². The summed E-state index contributed by atoms with van der Waals surface area (Å²) in [5.74, 6) is -0.0698. The second-order valence-corrected chi connectivity index (χ2v) is 4.99. The number of hydrogen-bond donors (Lipinski definition) is 0. The zero-order chi connectivity index (χ0) is 12.1. The Morgan fingerprint density at radius 1 is 1.41 bits per heavy atom. The Balaban J connectivity index is 1.68. The van der Waals surface area contributed by atoms with E-state index < -0.39 is 0 Å². The highest BCUT2D eigenvalue weighted by Crippen LogP contribution is 2.21. The average molecular weight is 241 g/mol. The van der Waals surface area contributed by atoms with Gasteiger partial charge < -0.3 is 9.47 Å². The van der Waals surface area contributed by atoms with Crippen molar-refractivity contribution in [1.82, 2.24) is 4.90 Å². The topological polar surface area (TPSA) is 38.8 Å². The summed E-state index contributed by atoms with van der Waals surface area (Å²) < 4.78 is 10.4. The quantitative estimate of drug-likeness (QED) is 0.685. The van der Waals surface area contributed by atoms with Crippen molar-refractivity contribution in [2.24, 2.45) is 0 Å². The number of esters is 1. The Morgan fingerprint density at radius 3 is 3.00 bits per heavy atom. The minimum absolute atomic E-state index is 0.00416. The lowest BCUT2D eigenvalue weighted by atomic mass is 10.1. The van der Waals surface area contributed by atoms with Crippen LogP contribution in [0.2, 0.25) is 0 Å². The maximum Gasteiger partial charge on any atom is 0.323 e. The summed E-state index contributed by atoms with van der Waals surface area (Å²) in [6, 6.07) is 0.00416. The van der Waals surface area contributed by atoms with E-state index in [-0.39, 0.29) is 12.0 Å². The third-order valence-corrected chi connectivity index (χ3v) is 3.83. The van der Waals surface area contributed by atoms with Gasteiger partial charge in [0.15, 0.2) is 0 Å². The molecule has 0 amide bonds. The van der Waals surface area contributed by atoms with Crippen LogP contribution < -0.4 is 0 Å². The van der Waals surface area contributed by atoms with Crippen LogP contribution in [0.1, 0.15) is 38.5 Å². The highest BCUT2D eigenvalue weighted by molar-refractivity contribution is 5.75. The normalized spacial score (nSPS) is 29.7. The van der Waals surface area contributed by atoms with Crippen LogP contribution in [0.3, 0.4) is 0 Å².